The topological polar surface area (TPSA) is 110 Å². The van der Waals surface area contributed by atoms with Gasteiger partial charge in [0, 0.05) is 30.6 Å². The molecule has 0 saturated carbocycles. The van der Waals surface area contributed by atoms with Gasteiger partial charge in [-0.3, -0.25) is 9.59 Å². The van der Waals surface area contributed by atoms with Crippen molar-refractivity contribution in [2.75, 3.05) is 28.7 Å². The molecule has 2 fully saturated rings. The van der Waals surface area contributed by atoms with Crippen molar-refractivity contribution in [1.82, 2.24) is 10.2 Å². The Morgan fingerprint density at radius 3 is 2.90 bits per heavy atom. The maximum Gasteiger partial charge on any atom is 0.277 e. The molecule has 1 aromatic heterocycles. The smallest absolute Gasteiger partial charge is 0.277 e. The minimum Gasteiger partial charge on any atom is -0.416 e. The lowest BCUT2D eigenvalue weighted by Crippen LogP contribution is -2.23. The summed E-state index contributed by atoms with van der Waals surface area (Å²) >= 11 is 1.15. The van der Waals surface area contributed by atoms with Gasteiger partial charge in [-0.25, -0.2) is 8.42 Å². The average molecular weight is 436 g/mol. The fourth-order valence-electron chi connectivity index (χ4n) is 3.64. The van der Waals surface area contributed by atoms with Crippen LogP contribution < -0.4 is 4.90 Å². The SMILES string of the molecule is O=C(CSc1nnc(CC2CCS(=O)(=O)C2)o1)c1cccc(N2CCCC2=O)c1. The van der Waals surface area contributed by atoms with Gasteiger partial charge in [0.1, 0.15) is 0 Å². The highest BCUT2D eigenvalue weighted by molar-refractivity contribution is 7.99. The Bertz CT molecular complexity index is 1030. The van der Waals surface area contributed by atoms with E-state index in [1.165, 1.54) is 0 Å². The maximum atomic E-state index is 12.5. The van der Waals surface area contributed by atoms with E-state index in [-0.39, 0.29) is 34.9 Å². The molecule has 0 spiro atoms. The highest BCUT2D eigenvalue weighted by Crippen LogP contribution is 2.26. The van der Waals surface area contributed by atoms with Crippen LogP contribution in [0.4, 0.5) is 5.69 Å². The third-order valence-corrected chi connectivity index (χ3v) is 7.77. The number of hydrogen-bond acceptors (Lipinski definition) is 8. The van der Waals surface area contributed by atoms with Crippen LogP contribution in [0.3, 0.4) is 0 Å². The van der Waals surface area contributed by atoms with Crippen LogP contribution in [-0.2, 0) is 21.1 Å². The molecular weight excluding hydrogens is 414 g/mol. The fraction of sp³-hybridized carbons (Fsp3) is 0.474. The molecule has 2 aliphatic rings. The lowest BCUT2D eigenvalue weighted by atomic mass is 10.1. The fourth-order valence-corrected chi connectivity index (χ4v) is 6.17. The Morgan fingerprint density at radius 1 is 1.31 bits per heavy atom. The van der Waals surface area contributed by atoms with Gasteiger partial charge in [-0.1, -0.05) is 23.9 Å². The second-order valence-corrected chi connectivity index (χ2v) is 10.5. The van der Waals surface area contributed by atoms with Crippen molar-refractivity contribution in [3.63, 3.8) is 0 Å². The van der Waals surface area contributed by atoms with Gasteiger partial charge in [0.15, 0.2) is 15.6 Å². The van der Waals surface area contributed by atoms with Gasteiger partial charge in [0.25, 0.3) is 5.22 Å². The van der Waals surface area contributed by atoms with E-state index in [2.05, 4.69) is 10.2 Å². The van der Waals surface area contributed by atoms with Crippen LogP contribution in [0.15, 0.2) is 33.9 Å². The summed E-state index contributed by atoms with van der Waals surface area (Å²) in [6.45, 7) is 0.679. The number of Topliss-reactive ketones (excluding diaryl/α,β-unsaturated/α-hetero) is 1. The van der Waals surface area contributed by atoms with Crippen LogP contribution in [0.5, 0.6) is 0 Å². The number of carbonyl (C=O) groups is 2. The predicted octanol–water partition coefficient (Wildman–Crippen LogP) is 2.15. The van der Waals surface area contributed by atoms with Crippen LogP contribution in [-0.4, -0.2) is 54.1 Å². The molecule has 1 aromatic carbocycles. The number of anilines is 1. The van der Waals surface area contributed by atoms with Gasteiger partial charge in [-0.2, -0.15) is 0 Å². The second kappa shape index (κ2) is 8.27. The highest BCUT2D eigenvalue weighted by Gasteiger charge is 2.29. The Balaban J connectivity index is 1.33. The Morgan fingerprint density at radius 2 is 2.17 bits per heavy atom. The molecule has 1 unspecified atom stereocenters. The molecule has 29 heavy (non-hydrogen) atoms. The molecule has 1 atom stereocenters. The first-order valence-corrected chi connectivity index (χ1v) is 12.3. The molecule has 2 saturated heterocycles. The van der Waals surface area contributed by atoms with E-state index in [0.29, 0.717) is 42.5 Å². The van der Waals surface area contributed by atoms with Gasteiger partial charge in [-0.15, -0.1) is 10.2 Å². The van der Waals surface area contributed by atoms with Gasteiger partial charge >= 0.3 is 0 Å². The van der Waals surface area contributed by atoms with E-state index in [9.17, 15) is 18.0 Å². The summed E-state index contributed by atoms with van der Waals surface area (Å²) in [4.78, 5) is 26.2. The van der Waals surface area contributed by atoms with Crippen molar-refractivity contribution >= 4 is 39.0 Å². The molecule has 0 radical (unpaired) electrons. The molecule has 3 heterocycles. The third-order valence-electron chi connectivity index (χ3n) is 5.12. The number of ketones is 1. The molecule has 0 aliphatic carbocycles. The second-order valence-electron chi connectivity index (χ2n) is 7.35. The van der Waals surface area contributed by atoms with Crippen molar-refractivity contribution in [2.45, 2.75) is 30.9 Å². The van der Waals surface area contributed by atoms with Gasteiger partial charge < -0.3 is 9.32 Å². The molecule has 0 bridgehead atoms. The summed E-state index contributed by atoms with van der Waals surface area (Å²) in [7, 11) is -2.94. The molecule has 154 valence electrons. The van der Waals surface area contributed by atoms with Crippen LogP contribution in [0.2, 0.25) is 0 Å². The van der Waals surface area contributed by atoms with Crippen molar-refractivity contribution in [3.05, 3.63) is 35.7 Å². The number of thioether (sulfide) groups is 1. The van der Waals surface area contributed by atoms with E-state index in [1.807, 2.05) is 6.07 Å². The number of rotatable bonds is 7. The third kappa shape index (κ3) is 4.87. The minimum atomic E-state index is -2.94. The maximum absolute atomic E-state index is 12.5. The number of nitrogens with zero attached hydrogens (tertiary/aromatic N) is 3. The van der Waals surface area contributed by atoms with Crippen LogP contribution in [0.25, 0.3) is 0 Å². The van der Waals surface area contributed by atoms with Crippen LogP contribution in [0.1, 0.15) is 35.5 Å². The number of carbonyl (C=O) groups excluding carboxylic acids is 2. The average Bonchev–Trinajstić information content (AvgIpc) is 3.40. The summed E-state index contributed by atoms with van der Waals surface area (Å²) < 4.78 is 28.6. The summed E-state index contributed by atoms with van der Waals surface area (Å²) in [5, 5.41) is 8.20. The first-order valence-electron chi connectivity index (χ1n) is 9.49. The molecule has 1 amide bonds. The largest absolute Gasteiger partial charge is 0.416 e. The Hall–Kier alpha value is -2.20. The lowest BCUT2D eigenvalue weighted by Gasteiger charge is -2.16. The number of aromatic nitrogens is 2. The minimum absolute atomic E-state index is 0.0102. The van der Waals surface area contributed by atoms with E-state index in [4.69, 9.17) is 4.42 Å². The molecule has 0 N–H and O–H groups in total. The number of sulfone groups is 1. The quantitative estimate of drug-likeness (QED) is 0.481. The number of hydrogen-bond donors (Lipinski definition) is 0. The molecular formula is C19H21N3O5S2. The van der Waals surface area contributed by atoms with Gasteiger partial charge in [-0.05, 0) is 30.9 Å². The first-order chi connectivity index (χ1) is 13.9. The zero-order valence-corrected chi connectivity index (χ0v) is 17.4. The van der Waals surface area contributed by atoms with Crippen molar-refractivity contribution in [2.24, 2.45) is 5.92 Å². The van der Waals surface area contributed by atoms with Crippen molar-refractivity contribution in [3.8, 4) is 0 Å². The van der Waals surface area contributed by atoms with E-state index < -0.39 is 9.84 Å². The van der Waals surface area contributed by atoms with E-state index in [0.717, 1.165) is 23.9 Å². The predicted molar refractivity (Wildman–Crippen MR) is 108 cm³/mol. The van der Waals surface area contributed by atoms with Gasteiger partial charge in [0.05, 0.1) is 17.3 Å². The van der Waals surface area contributed by atoms with Crippen LogP contribution >= 0.6 is 11.8 Å². The monoisotopic (exact) mass is 435 g/mol. The lowest BCUT2D eigenvalue weighted by molar-refractivity contribution is -0.117. The summed E-state index contributed by atoms with van der Waals surface area (Å²) in [5.41, 5.74) is 1.28. The van der Waals surface area contributed by atoms with Gasteiger partial charge in [0.2, 0.25) is 11.8 Å². The normalized spacial score (nSPS) is 21.0. The Labute approximate surface area is 173 Å². The van der Waals surface area contributed by atoms with Crippen molar-refractivity contribution < 1.29 is 22.4 Å². The summed E-state index contributed by atoms with van der Waals surface area (Å²) in [6.07, 6.45) is 2.42. The summed E-state index contributed by atoms with van der Waals surface area (Å²) in [5.74, 6) is 0.905. The highest BCUT2D eigenvalue weighted by atomic mass is 32.2. The Kier molecular flexibility index (Phi) is 5.73. The molecule has 2 aromatic rings. The first kappa shape index (κ1) is 20.1. The molecule has 2 aliphatic heterocycles. The number of amides is 1. The molecule has 4 rings (SSSR count). The van der Waals surface area contributed by atoms with Crippen LogP contribution in [0, 0.1) is 5.92 Å². The van der Waals surface area contributed by atoms with E-state index in [1.54, 1.807) is 23.1 Å². The number of benzene rings is 1. The summed E-state index contributed by atoms with van der Waals surface area (Å²) in [6, 6.07) is 7.08. The molecule has 8 nitrogen and oxygen atoms in total. The molecule has 10 heteroatoms. The zero-order chi connectivity index (χ0) is 20.4. The standard InChI is InChI=1S/C19H21N3O5S2/c23-16(14-3-1-4-15(10-14)22-7-2-5-18(22)24)11-28-19-21-20-17(27-19)9-13-6-8-29(25,26)12-13/h1,3-4,10,13H,2,5-9,11-12H2. The van der Waals surface area contributed by atoms with Crippen molar-refractivity contribution in [1.29, 1.82) is 0 Å². The zero-order valence-electron chi connectivity index (χ0n) is 15.7. The van der Waals surface area contributed by atoms with E-state index >= 15 is 0 Å².